The highest BCUT2D eigenvalue weighted by Crippen LogP contribution is 2.58. The minimum absolute atomic E-state index is 0.0995. The summed E-state index contributed by atoms with van der Waals surface area (Å²) < 4.78 is 6.80. The van der Waals surface area contributed by atoms with Gasteiger partial charge in [-0.3, -0.25) is 0 Å². The maximum atomic E-state index is 6.80. The summed E-state index contributed by atoms with van der Waals surface area (Å²) >= 11 is 0. The lowest BCUT2D eigenvalue weighted by molar-refractivity contribution is 0.233. The van der Waals surface area contributed by atoms with Gasteiger partial charge in [0.2, 0.25) is 0 Å². The van der Waals surface area contributed by atoms with Gasteiger partial charge >= 0.3 is 0 Å². The molecule has 2 nitrogen and oxygen atoms in total. The van der Waals surface area contributed by atoms with E-state index in [1.165, 1.54) is 75.4 Å². The first kappa shape index (κ1) is 29.8. The second-order valence-electron chi connectivity index (χ2n) is 16.1. The van der Waals surface area contributed by atoms with E-state index in [1.54, 1.807) is 5.56 Å². The third-order valence-corrected chi connectivity index (χ3v) is 12.7. The maximum Gasteiger partial charge on any atom is 0.137 e. The monoisotopic (exact) mass is 649 g/mol. The summed E-state index contributed by atoms with van der Waals surface area (Å²) in [5.74, 6) is 1.34. The van der Waals surface area contributed by atoms with Gasteiger partial charge in [-0.25, -0.2) is 0 Å². The molecule has 0 saturated heterocycles. The van der Waals surface area contributed by atoms with E-state index in [-0.39, 0.29) is 10.8 Å². The predicted octanol–water partition coefficient (Wildman–Crippen LogP) is 13.6. The van der Waals surface area contributed by atoms with Gasteiger partial charge in [0.15, 0.2) is 0 Å². The van der Waals surface area contributed by atoms with Gasteiger partial charge in [0.05, 0.1) is 11.1 Å². The fourth-order valence-corrected chi connectivity index (χ4v) is 10.2. The highest BCUT2D eigenvalue weighted by atomic mass is 16.3. The Labute approximate surface area is 295 Å². The molecule has 1 heterocycles. The minimum Gasteiger partial charge on any atom is -0.456 e. The third kappa shape index (κ3) is 4.21. The number of hydrogen-bond acceptors (Lipinski definition) is 2. The van der Waals surface area contributed by atoms with Crippen LogP contribution in [0.2, 0.25) is 0 Å². The Morgan fingerprint density at radius 3 is 2.20 bits per heavy atom. The average Bonchev–Trinajstić information content (AvgIpc) is 3.71. The molecule has 10 rings (SSSR count). The fourth-order valence-electron chi connectivity index (χ4n) is 10.2. The Morgan fingerprint density at radius 1 is 0.580 bits per heavy atom. The number of fused-ring (bicyclic) bond motifs is 9. The molecule has 6 aromatic carbocycles. The van der Waals surface area contributed by atoms with Crippen molar-refractivity contribution in [3.63, 3.8) is 0 Å². The Balaban J connectivity index is 1.22. The largest absolute Gasteiger partial charge is 0.456 e. The molecule has 0 spiro atoms. The van der Waals surface area contributed by atoms with Gasteiger partial charge in [-0.05, 0) is 123 Å². The number of rotatable bonds is 4. The summed E-state index contributed by atoms with van der Waals surface area (Å²) in [6, 6.07) is 47.3. The normalized spacial score (nSPS) is 19.6. The van der Waals surface area contributed by atoms with E-state index in [9.17, 15) is 0 Å². The molecule has 0 aliphatic heterocycles. The minimum atomic E-state index is -0.0995. The Hall–Kier alpha value is -5.08. The van der Waals surface area contributed by atoms with Crippen LogP contribution in [0.1, 0.15) is 81.5 Å². The van der Waals surface area contributed by atoms with E-state index in [0.29, 0.717) is 11.8 Å². The van der Waals surface area contributed by atoms with Crippen LogP contribution >= 0.6 is 0 Å². The summed E-state index contributed by atoms with van der Waals surface area (Å²) in [6.07, 6.45) is 5.29. The first-order valence-corrected chi connectivity index (χ1v) is 18.5. The Morgan fingerprint density at radius 2 is 1.32 bits per heavy atom. The Bertz CT molecular complexity index is 2460. The molecule has 1 fully saturated rings. The van der Waals surface area contributed by atoms with E-state index >= 15 is 0 Å². The lowest BCUT2D eigenvalue weighted by Gasteiger charge is -2.34. The van der Waals surface area contributed by atoms with Crippen LogP contribution in [-0.2, 0) is 10.8 Å². The molecule has 1 saturated carbocycles. The fraction of sp³-hybridized carbons (Fsp3) is 0.250. The summed E-state index contributed by atoms with van der Waals surface area (Å²) in [5.41, 5.74) is 16.4. The van der Waals surface area contributed by atoms with Crippen molar-refractivity contribution in [2.45, 2.75) is 70.1 Å². The maximum absolute atomic E-state index is 6.80. The van der Waals surface area contributed by atoms with Crippen LogP contribution in [0, 0.1) is 5.92 Å². The predicted molar refractivity (Wildman–Crippen MR) is 209 cm³/mol. The first-order valence-electron chi connectivity index (χ1n) is 18.5. The van der Waals surface area contributed by atoms with E-state index in [1.807, 2.05) is 0 Å². The van der Waals surface area contributed by atoms with Gasteiger partial charge < -0.3 is 9.32 Å². The van der Waals surface area contributed by atoms with Gasteiger partial charge in [0.25, 0.3) is 0 Å². The molecule has 0 radical (unpaired) electrons. The van der Waals surface area contributed by atoms with Crippen molar-refractivity contribution in [2.24, 2.45) is 5.92 Å². The number of benzene rings is 6. The standard InChI is InChI=1S/C48H43NO/c1-47(2)39-20-10-8-18-34(39)36-25-24-33(27-41(36)47)49(32-17-12-16-31(26-32)30-14-6-5-7-15-30)43-22-13-23-44-46(43)38-28-37-35-19-9-11-21-40(35)48(3,4)42(37)29-45(38)50-44/h5-8,10,12-18,20,22-29,35,40H,9,11,19,21H2,1-4H3. The van der Waals surface area contributed by atoms with E-state index < -0.39 is 0 Å². The smallest absolute Gasteiger partial charge is 0.137 e. The molecule has 2 unspecified atom stereocenters. The average molecular weight is 650 g/mol. The summed E-state index contributed by atoms with van der Waals surface area (Å²) in [7, 11) is 0. The van der Waals surface area contributed by atoms with Crippen molar-refractivity contribution in [2.75, 3.05) is 4.90 Å². The van der Waals surface area contributed by atoms with Crippen LogP contribution in [0.25, 0.3) is 44.2 Å². The van der Waals surface area contributed by atoms with Crippen LogP contribution in [0.4, 0.5) is 17.1 Å². The van der Waals surface area contributed by atoms with Gasteiger partial charge in [-0.2, -0.15) is 0 Å². The molecule has 2 atom stereocenters. The second kappa shape index (κ2) is 10.7. The van der Waals surface area contributed by atoms with Crippen LogP contribution < -0.4 is 4.90 Å². The van der Waals surface area contributed by atoms with Crippen molar-refractivity contribution in [3.8, 4) is 22.3 Å². The van der Waals surface area contributed by atoms with Crippen molar-refractivity contribution in [1.29, 1.82) is 0 Å². The summed E-state index contributed by atoms with van der Waals surface area (Å²) in [4.78, 5) is 2.48. The molecule has 0 amide bonds. The molecule has 0 N–H and O–H groups in total. The molecule has 50 heavy (non-hydrogen) atoms. The quantitative estimate of drug-likeness (QED) is 0.189. The molecule has 7 aromatic rings. The zero-order valence-corrected chi connectivity index (χ0v) is 29.5. The van der Waals surface area contributed by atoms with Crippen molar-refractivity contribution >= 4 is 39.0 Å². The van der Waals surface area contributed by atoms with Crippen LogP contribution in [0.15, 0.2) is 132 Å². The van der Waals surface area contributed by atoms with Crippen molar-refractivity contribution < 1.29 is 4.42 Å². The lowest BCUT2D eigenvalue weighted by atomic mass is 9.70. The van der Waals surface area contributed by atoms with Gasteiger partial charge in [-0.1, -0.05) is 119 Å². The van der Waals surface area contributed by atoms with Gasteiger partial charge in [0.1, 0.15) is 11.2 Å². The molecule has 3 aliphatic carbocycles. The SMILES string of the molecule is CC1(C)c2ccccc2-c2ccc(N(c3cccc(-c4ccccc4)c3)c3cccc4oc5cc6c(cc5c34)C3CCCCC3C6(C)C)cc21. The first-order chi connectivity index (χ1) is 24.3. The topological polar surface area (TPSA) is 16.4 Å². The molecule has 246 valence electrons. The summed E-state index contributed by atoms with van der Waals surface area (Å²) in [6.45, 7) is 9.67. The number of nitrogens with zero attached hydrogens (tertiary/aromatic N) is 1. The van der Waals surface area contributed by atoms with E-state index in [2.05, 4.69) is 160 Å². The zero-order chi connectivity index (χ0) is 33.8. The molecular formula is C48H43NO. The lowest BCUT2D eigenvalue weighted by Crippen LogP contribution is -2.28. The molecule has 1 aromatic heterocycles. The van der Waals surface area contributed by atoms with Gasteiger partial charge in [0, 0.05) is 22.2 Å². The van der Waals surface area contributed by atoms with Crippen LogP contribution in [0.5, 0.6) is 0 Å². The number of furan rings is 1. The molecular weight excluding hydrogens is 607 g/mol. The number of anilines is 3. The van der Waals surface area contributed by atoms with Gasteiger partial charge in [-0.15, -0.1) is 0 Å². The van der Waals surface area contributed by atoms with Crippen LogP contribution in [0.3, 0.4) is 0 Å². The Kier molecular flexibility index (Phi) is 6.38. The molecule has 2 heteroatoms. The van der Waals surface area contributed by atoms with Crippen LogP contribution in [-0.4, -0.2) is 0 Å². The summed E-state index contributed by atoms with van der Waals surface area (Å²) in [5, 5.41) is 2.42. The highest BCUT2D eigenvalue weighted by Gasteiger charge is 2.47. The molecule has 3 aliphatic rings. The van der Waals surface area contributed by atoms with E-state index in [0.717, 1.165) is 28.2 Å². The van der Waals surface area contributed by atoms with Crippen molar-refractivity contribution in [3.05, 3.63) is 150 Å². The zero-order valence-electron chi connectivity index (χ0n) is 29.5. The number of hydrogen-bond donors (Lipinski definition) is 0. The third-order valence-electron chi connectivity index (χ3n) is 12.7. The molecule has 0 bridgehead atoms. The van der Waals surface area contributed by atoms with E-state index in [4.69, 9.17) is 4.42 Å². The van der Waals surface area contributed by atoms with Crippen molar-refractivity contribution in [1.82, 2.24) is 0 Å². The highest BCUT2D eigenvalue weighted by molar-refractivity contribution is 6.14. The second-order valence-corrected chi connectivity index (χ2v) is 16.1.